The molecule has 0 spiro atoms. The van der Waals surface area contributed by atoms with Gasteiger partial charge in [-0.3, -0.25) is 4.79 Å². The van der Waals surface area contributed by atoms with Gasteiger partial charge in [0.2, 0.25) is 0 Å². The largest absolute Gasteiger partial charge is 0.382 e. The van der Waals surface area contributed by atoms with E-state index in [4.69, 9.17) is 9.47 Å². The lowest BCUT2D eigenvalue weighted by atomic mass is 10.1. The molecule has 100 valence electrons. The van der Waals surface area contributed by atoms with E-state index in [1.807, 2.05) is 0 Å². The summed E-state index contributed by atoms with van der Waals surface area (Å²) in [6.45, 7) is 3.19. The number of rotatable bonds is 6. The van der Waals surface area contributed by atoms with E-state index in [0.717, 1.165) is 24.2 Å². The molecule has 1 aliphatic rings. The van der Waals surface area contributed by atoms with Crippen LogP contribution in [0.2, 0.25) is 0 Å². The summed E-state index contributed by atoms with van der Waals surface area (Å²) in [4.78, 5) is 19.1. The van der Waals surface area contributed by atoms with Gasteiger partial charge in [0.05, 0.1) is 31.1 Å². The Morgan fingerprint density at radius 1 is 1.33 bits per heavy atom. The number of hydrogen-bond acceptors (Lipinski definition) is 5. The highest BCUT2D eigenvalue weighted by Crippen LogP contribution is 2.06. The highest BCUT2D eigenvalue weighted by molar-refractivity contribution is 5.20. The van der Waals surface area contributed by atoms with Crippen LogP contribution >= 0.6 is 0 Å². The maximum atomic E-state index is 11.8. The summed E-state index contributed by atoms with van der Waals surface area (Å²) in [5, 5.41) is 3.17. The van der Waals surface area contributed by atoms with E-state index in [0.29, 0.717) is 38.6 Å². The van der Waals surface area contributed by atoms with Crippen molar-refractivity contribution in [3.8, 4) is 0 Å². The van der Waals surface area contributed by atoms with Crippen molar-refractivity contribution in [2.24, 2.45) is 0 Å². The van der Waals surface area contributed by atoms with E-state index in [2.05, 4.69) is 15.3 Å². The predicted molar refractivity (Wildman–Crippen MR) is 66.7 cm³/mol. The maximum absolute atomic E-state index is 11.8. The van der Waals surface area contributed by atoms with Gasteiger partial charge in [-0.05, 0) is 0 Å². The van der Waals surface area contributed by atoms with Gasteiger partial charge in [-0.25, -0.2) is 4.98 Å². The lowest BCUT2D eigenvalue weighted by Gasteiger charge is -2.15. The Hall–Kier alpha value is -1.24. The molecular weight excluding hydrogens is 234 g/mol. The first kappa shape index (κ1) is 13.2. The molecule has 2 N–H and O–H groups in total. The number of hydrogen-bond donors (Lipinski definition) is 2. The van der Waals surface area contributed by atoms with Gasteiger partial charge in [0.15, 0.2) is 0 Å². The number of methoxy groups -OCH3 is 1. The van der Waals surface area contributed by atoms with Crippen LogP contribution in [0.25, 0.3) is 0 Å². The van der Waals surface area contributed by atoms with Crippen molar-refractivity contribution in [1.29, 1.82) is 0 Å². The Morgan fingerprint density at radius 3 is 3.06 bits per heavy atom. The van der Waals surface area contributed by atoms with E-state index in [1.54, 1.807) is 7.11 Å². The minimum Gasteiger partial charge on any atom is -0.382 e. The summed E-state index contributed by atoms with van der Waals surface area (Å²) in [6.07, 6.45) is 1.44. The first-order valence-electron chi connectivity index (χ1n) is 6.19. The molecule has 0 amide bonds. The molecular formula is C12H19N3O3. The summed E-state index contributed by atoms with van der Waals surface area (Å²) in [6, 6.07) is 0. The summed E-state index contributed by atoms with van der Waals surface area (Å²) >= 11 is 0. The third-order valence-electron chi connectivity index (χ3n) is 2.91. The number of aromatic nitrogens is 2. The van der Waals surface area contributed by atoms with Gasteiger partial charge in [-0.1, -0.05) is 0 Å². The quantitative estimate of drug-likeness (QED) is 0.676. The van der Waals surface area contributed by atoms with E-state index in [1.165, 1.54) is 0 Å². The standard InChI is InChI=1S/C12H19N3O3/c1-17-6-7-18-5-3-11-14-10-2-4-13-8-9(10)12(16)15-11/h13H,2-8H2,1H3,(H,14,15,16). The highest BCUT2D eigenvalue weighted by atomic mass is 16.5. The molecule has 0 saturated carbocycles. The van der Waals surface area contributed by atoms with Gasteiger partial charge < -0.3 is 19.8 Å². The lowest BCUT2D eigenvalue weighted by Crippen LogP contribution is -2.32. The van der Waals surface area contributed by atoms with Crippen LogP contribution in [-0.4, -0.2) is 43.4 Å². The van der Waals surface area contributed by atoms with Crippen LogP contribution in [-0.2, 0) is 28.9 Å². The smallest absolute Gasteiger partial charge is 0.255 e. The Balaban J connectivity index is 1.93. The fourth-order valence-electron chi connectivity index (χ4n) is 1.94. The highest BCUT2D eigenvalue weighted by Gasteiger charge is 2.14. The second-order valence-corrected chi connectivity index (χ2v) is 4.22. The third-order valence-corrected chi connectivity index (χ3v) is 2.91. The molecule has 1 aromatic heterocycles. The fraction of sp³-hybridized carbons (Fsp3) is 0.667. The Labute approximate surface area is 106 Å². The molecule has 18 heavy (non-hydrogen) atoms. The van der Waals surface area contributed by atoms with Crippen molar-refractivity contribution in [1.82, 2.24) is 15.3 Å². The number of aromatic amines is 1. The number of ether oxygens (including phenoxy) is 2. The number of fused-ring (bicyclic) bond motifs is 1. The van der Waals surface area contributed by atoms with E-state index >= 15 is 0 Å². The van der Waals surface area contributed by atoms with Crippen molar-refractivity contribution < 1.29 is 9.47 Å². The van der Waals surface area contributed by atoms with Crippen molar-refractivity contribution in [3.63, 3.8) is 0 Å². The van der Waals surface area contributed by atoms with Gasteiger partial charge >= 0.3 is 0 Å². The summed E-state index contributed by atoms with van der Waals surface area (Å²) in [5.74, 6) is 0.707. The molecule has 0 aromatic carbocycles. The normalized spacial score (nSPS) is 14.5. The average Bonchev–Trinajstić information content (AvgIpc) is 2.39. The molecule has 1 aliphatic heterocycles. The molecule has 0 radical (unpaired) electrons. The topological polar surface area (TPSA) is 76.2 Å². The first-order chi connectivity index (χ1) is 8.81. The second-order valence-electron chi connectivity index (χ2n) is 4.22. The van der Waals surface area contributed by atoms with Gasteiger partial charge in [0.25, 0.3) is 5.56 Å². The summed E-state index contributed by atoms with van der Waals surface area (Å²) in [5.41, 5.74) is 1.66. The third kappa shape index (κ3) is 3.38. The van der Waals surface area contributed by atoms with Gasteiger partial charge in [-0.2, -0.15) is 0 Å². The minimum absolute atomic E-state index is 0.0286. The fourth-order valence-corrected chi connectivity index (χ4v) is 1.94. The van der Waals surface area contributed by atoms with Gasteiger partial charge in [0, 0.05) is 33.0 Å². The zero-order chi connectivity index (χ0) is 12.8. The number of nitrogens with one attached hydrogen (secondary N) is 2. The molecule has 0 unspecified atom stereocenters. The molecule has 2 heterocycles. The van der Waals surface area contributed by atoms with Crippen LogP contribution < -0.4 is 10.9 Å². The minimum atomic E-state index is -0.0286. The van der Waals surface area contributed by atoms with Crippen LogP contribution in [0.1, 0.15) is 17.1 Å². The van der Waals surface area contributed by atoms with Crippen molar-refractivity contribution in [2.75, 3.05) is 33.5 Å². The molecule has 6 nitrogen and oxygen atoms in total. The molecule has 0 atom stereocenters. The molecule has 0 aliphatic carbocycles. The maximum Gasteiger partial charge on any atom is 0.255 e. The summed E-state index contributed by atoms with van der Waals surface area (Å²) in [7, 11) is 1.64. The van der Waals surface area contributed by atoms with Crippen molar-refractivity contribution in [3.05, 3.63) is 27.4 Å². The molecule has 0 saturated heterocycles. The Bertz CT molecular complexity index is 445. The van der Waals surface area contributed by atoms with Gasteiger partial charge in [-0.15, -0.1) is 0 Å². The average molecular weight is 253 g/mol. The zero-order valence-electron chi connectivity index (χ0n) is 10.6. The van der Waals surface area contributed by atoms with E-state index in [9.17, 15) is 4.79 Å². The van der Waals surface area contributed by atoms with Crippen LogP contribution in [0.3, 0.4) is 0 Å². The monoisotopic (exact) mass is 253 g/mol. The Kier molecular flexibility index (Phi) is 4.86. The number of H-pyrrole nitrogens is 1. The lowest BCUT2D eigenvalue weighted by molar-refractivity contribution is 0.0716. The second kappa shape index (κ2) is 6.63. The van der Waals surface area contributed by atoms with Crippen LogP contribution in [0.4, 0.5) is 0 Å². The molecule has 2 rings (SSSR count). The molecule has 1 aromatic rings. The molecule has 6 heteroatoms. The van der Waals surface area contributed by atoms with Crippen LogP contribution in [0.5, 0.6) is 0 Å². The zero-order valence-corrected chi connectivity index (χ0v) is 10.6. The number of nitrogens with zero attached hydrogens (tertiary/aromatic N) is 1. The predicted octanol–water partition coefficient (Wildman–Crippen LogP) is -0.379. The SMILES string of the molecule is COCCOCCc1nc2c(c(=O)[nH]1)CNCC2. The molecule has 0 fully saturated rings. The van der Waals surface area contributed by atoms with E-state index < -0.39 is 0 Å². The van der Waals surface area contributed by atoms with Crippen molar-refractivity contribution in [2.45, 2.75) is 19.4 Å². The molecule has 0 bridgehead atoms. The Morgan fingerprint density at radius 2 is 2.22 bits per heavy atom. The van der Waals surface area contributed by atoms with Crippen molar-refractivity contribution >= 4 is 0 Å². The van der Waals surface area contributed by atoms with Gasteiger partial charge in [0.1, 0.15) is 5.82 Å². The summed E-state index contributed by atoms with van der Waals surface area (Å²) < 4.78 is 10.2. The first-order valence-corrected chi connectivity index (χ1v) is 6.19. The van der Waals surface area contributed by atoms with Crippen LogP contribution in [0.15, 0.2) is 4.79 Å². The van der Waals surface area contributed by atoms with Crippen LogP contribution in [0, 0.1) is 0 Å². The van der Waals surface area contributed by atoms with E-state index in [-0.39, 0.29) is 5.56 Å².